The van der Waals surface area contributed by atoms with Crippen molar-refractivity contribution in [3.63, 3.8) is 0 Å². The summed E-state index contributed by atoms with van der Waals surface area (Å²) >= 11 is 1.82. The third-order valence-corrected chi connectivity index (χ3v) is 0. The minimum atomic E-state index is 0. The zero-order chi connectivity index (χ0) is 2.71. The van der Waals surface area contributed by atoms with E-state index in [1.165, 1.54) is 0 Å². The van der Waals surface area contributed by atoms with Gasteiger partial charge in [0.2, 0.25) is 0 Å². The van der Waals surface area contributed by atoms with Crippen molar-refractivity contribution in [1.29, 1.82) is 0 Å². The monoisotopic (exact) mass is 178 g/mol. The van der Waals surface area contributed by atoms with Gasteiger partial charge in [0, 0.05) is 22.6 Å². The molecule has 0 spiro atoms. The highest BCUT2D eigenvalue weighted by Gasteiger charge is 1.13. The van der Waals surface area contributed by atoms with Crippen LogP contribution in [0.2, 0.25) is 0 Å². The van der Waals surface area contributed by atoms with Crippen LogP contribution in [-0.2, 0) is 0 Å². The third kappa shape index (κ3) is 11.6. The lowest BCUT2D eigenvalue weighted by atomic mass is 11.4. The van der Waals surface area contributed by atoms with E-state index >= 15 is 0 Å². The highest BCUT2D eigenvalue weighted by molar-refractivity contribution is 14.1. The molecular weight excluding hydrogens is 175 g/mol. The molecule has 20 valence electrons. The van der Waals surface area contributed by atoms with Crippen LogP contribution in [0.4, 0.5) is 0 Å². The van der Waals surface area contributed by atoms with Crippen LogP contribution in [0.3, 0.4) is 0 Å². The summed E-state index contributed by atoms with van der Waals surface area (Å²) in [5.41, 5.74) is 0. The lowest BCUT2D eigenvalue weighted by Gasteiger charge is -1.18. The molecule has 0 unspecified atom stereocenters. The van der Waals surface area contributed by atoms with E-state index in [-0.39, 0.29) is 23.1 Å². The Morgan fingerprint density at radius 1 is 1.75 bits per heavy atom. The smallest absolute Gasteiger partial charge is 0.109 e. The molecule has 0 aliphatic rings. The maximum Gasteiger partial charge on any atom is 0.316 e. The Labute approximate surface area is 55.6 Å². The molecule has 0 fully saturated rings. The summed E-state index contributed by atoms with van der Waals surface area (Å²) in [5.74, 6) is 0. The van der Waals surface area contributed by atoms with E-state index in [9.17, 15) is 0 Å². The van der Waals surface area contributed by atoms with Crippen LogP contribution in [0.5, 0.6) is 0 Å². The minimum absolute atomic E-state index is 0. The fourth-order valence-electron chi connectivity index (χ4n) is 0. The zero-order valence-corrected chi connectivity index (χ0v) is 3.61. The molecule has 4 heavy (non-hydrogen) atoms. The van der Waals surface area contributed by atoms with Crippen LogP contribution in [0.1, 0.15) is 0 Å². The van der Waals surface area contributed by atoms with Gasteiger partial charge in [-0.05, 0) is 3.93 Å². The Balaban J connectivity index is 0. The lowest BCUT2D eigenvalue weighted by molar-refractivity contribution is 3.26. The lowest BCUT2D eigenvalue weighted by Crippen LogP contribution is -0.916. The first-order valence-electron chi connectivity index (χ1n) is 0.478. The fraction of sp³-hybridized carbons (Fsp3) is 0. The maximum absolute atomic E-state index is 4.58. The van der Waals surface area contributed by atoms with E-state index in [2.05, 4.69) is 10.4 Å². The largest absolute Gasteiger partial charge is 0.316 e. The molecule has 0 aliphatic heterocycles. The van der Waals surface area contributed by atoms with Crippen molar-refractivity contribution < 1.29 is 0 Å². The third-order valence-electron chi connectivity index (χ3n) is 0. The Bertz CT molecular complexity index is 27.5. The molecular formula is C2H3IMg. The quantitative estimate of drug-likeness (QED) is 0.280. The highest BCUT2D eigenvalue weighted by Crippen LogP contribution is 1.60. The molecule has 0 bridgehead atoms. The van der Waals surface area contributed by atoms with E-state index < -0.39 is 0 Å². The van der Waals surface area contributed by atoms with Crippen LogP contribution < -0.4 is 0 Å². The van der Waals surface area contributed by atoms with E-state index in [0.717, 1.165) is 0 Å². The molecule has 0 radical (unpaired) electrons. The van der Waals surface area contributed by atoms with Crippen molar-refractivity contribution in [2.24, 2.45) is 0 Å². The van der Waals surface area contributed by atoms with Crippen molar-refractivity contribution in [2.75, 3.05) is 0 Å². The van der Waals surface area contributed by atoms with E-state index in [4.69, 9.17) is 0 Å². The van der Waals surface area contributed by atoms with Crippen molar-refractivity contribution in [2.45, 2.75) is 0 Å². The van der Waals surface area contributed by atoms with E-state index in [1.807, 2.05) is 22.6 Å². The average Bonchev–Trinajstić information content (AvgIpc) is 0.918. The number of halogens is 1. The SMILES string of the molecule is C#CI.[MgH2]. The standard InChI is InChI=1S/C2HI.Mg.2H/c1-2-3;;;/h1H;;;. The molecule has 0 saturated carbocycles. The van der Waals surface area contributed by atoms with Gasteiger partial charge in [0.25, 0.3) is 0 Å². The van der Waals surface area contributed by atoms with Gasteiger partial charge in [-0.25, -0.2) is 0 Å². The molecule has 0 aromatic carbocycles. The first kappa shape index (κ1) is 8.91. The molecule has 0 aromatic heterocycles. The summed E-state index contributed by atoms with van der Waals surface area (Å²) in [6.45, 7) is 0. The molecule has 0 amide bonds. The highest BCUT2D eigenvalue weighted by atomic mass is 127. The van der Waals surface area contributed by atoms with Gasteiger partial charge in [-0.15, -0.1) is 6.42 Å². The van der Waals surface area contributed by atoms with Gasteiger partial charge in [0.05, 0.1) is 0 Å². The van der Waals surface area contributed by atoms with Crippen molar-refractivity contribution >= 4 is 45.6 Å². The second-order valence-electron chi connectivity index (χ2n) is 0.109. The second-order valence-corrected chi connectivity index (χ2v) is 0.732. The van der Waals surface area contributed by atoms with Gasteiger partial charge in [-0.2, -0.15) is 0 Å². The van der Waals surface area contributed by atoms with Crippen LogP contribution >= 0.6 is 22.6 Å². The van der Waals surface area contributed by atoms with Crippen molar-refractivity contribution in [1.82, 2.24) is 0 Å². The van der Waals surface area contributed by atoms with Crippen LogP contribution in [0.25, 0.3) is 0 Å². The molecule has 2 heteroatoms. The summed E-state index contributed by atoms with van der Waals surface area (Å²) in [6, 6.07) is 0. The molecule has 0 nitrogen and oxygen atoms in total. The fourth-order valence-corrected chi connectivity index (χ4v) is 0. The predicted molar refractivity (Wildman–Crippen MR) is 31.4 cm³/mol. The summed E-state index contributed by atoms with van der Waals surface area (Å²) in [6.07, 6.45) is 4.58. The molecule has 0 atom stereocenters. The van der Waals surface area contributed by atoms with Crippen LogP contribution in [0, 0.1) is 10.4 Å². The van der Waals surface area contributed by atoms with Crippen LogP contribution in [-0.4, -0.2) is 23.1 Å². The molecule has 0 heterocycles. The number of hydrogen-bond acceptors (Lipinski definition) is 0. The van der Waals surface area contributed by atoms with Gasteiger partial charge in [-0.1, -0.05) is 0 Å². The predicted octanol–water partition coefficient (Wildman–Crippen LogP) is 0.0959. The van der Waals surface area contributed by atoms with Gasteiger partial charge in [0.15, 0.2) is 0 Å². The Morgan fingerprint density at radius 2 is 1.75 bits per heavy atom. The molecule has 0 N–H and O–H groups in total. The van der Waals surface area contributed by atoms with Gasteiger partial charge in [0.1, 0.15) is 0 Å². The van der Waals surface area contributed by atoms with Crippen molar-refractivity contribution in [3.8, 4) is 10.4 Å². The maximum atomic E-state index is 4.58. The second kappa shape index (κ2) is 8.96. The topological polar surface area (TPSA) is 0 Å². The summed E-state index contributed by atoms with van der Waals surface area (Å²) in [5, 5.41) is 0. The van der Waals surface area contributed by atoms with Gasteiger partial charge in [-0.3, -0.25) is 0 Å². The van der Waals surface area contributed by atoms with Crippen LogP contribution in [0.15, 0.2) is 0 Å². The number of terminal acetylenes is 1. The van der Waals surface area contributed by atoms with Gasteiger partial charge < -0.3 is 0 Å². The van der Waals surface area contributed by atoms with Crippen molar-refractivity contribution in [3.05, 3.63) is 0 Å². The molecule has 0 rings (SSSR count). The summed E-state index contributed by atoms with van der Waals surface area (Å²) < 4.78 is 2.22. The Hall–Kier alpha value is 1.06. The van der Waals surface area contributed by atoms with Gasteiger partial charge >= 0.3 is 23.1 Å². The average molecular weight is 178 g/mol. The van der Waals surface area contributed by atoms with E-state index in [0.29, 0.717) is 0 Å². The number of rotatable bonds is 0. The Morgan fingerprint density at radius 3 is 1.75 bits per heavy atom. The molecule has 0 aromatic rings. The Kier molecular flexibility index (Phi) is 20.0. The zero-order valence-electron chi connectivity index (χ0n) is 1.46. The van der Waals surface area contributed by atoms with E-state index in [1.54, 1.807) is 0 Å². The first-order chi connectivity index (χ1) is 1.41. The summed E-state index contributed by atoms with van der Waals surface area (Å²) in [7, 11) is 0. The first-order valence-corrected chi connectivity index (χ1v) is 1.56. The summed E-state index contributed by atoms with van der Waals surface area (Å²) in [4.78, 5) is 0. The molecule has 0 aliphatic carbocycles. The minimum Gasteiger partial charge on any atom is -0.109 e. The normalized spacial score (nSPS) is 2.00. The molecule has 0 saturated heterocycles. The number of hydrogen-bond donors (Lipinski definition) is 0.